The van der Waals surface area contributed by atoms with Crippen LogP contribution >= 0.6 is 23.2 Å². The molecule has 1 N–H and O–H groups in total. The molecule has 2 aromatic rings. The van der Waals surface area contributed by atoms with Crippen molar-refractivity contribution in [3.63, 3.8) is 0 Å². The zero-order valence-electron chi connectivity index (χ0n) is 15.6. The Labute approximate surface area is 179 Å². The Kier molecular flexibility index (Phi) is 6.89. The molecule has 1 atom stereocenters. The molecule has 7 nitrogen and oxygen atoms in total. The van der Waals surface area contributed by atoms with Crippen LogP contribution in [-0.2, 0) is 19.6 Å². The van der Waals surface area contributed by atoms with Crippen molar-refractivity contribution in [3.8, 4) is 5.75 Å². The van der Waals surface area contributed by atoms with Crippen molar-refractivity contribution in [2.45, 2.75) is 17.9 Å². The minimum atomic E-state index is -3.84. The van der Waals surface area contributed by atoms with E-state index in [1.807, 2.05) is 0 Å². The van der Waals surface area contributed by atoms with Crippen molar-refractivity contribution in [3.05, 3.63) is 52.5 Å². The van der Waals surface area contributed by atoms with E-state index >= 15 is 0 Å². The quantitative estimate of drug-likeness (QED) is 0.716. The first kappa shape index (κ1) is 21.7. The molecule has 0 unspecified atom stereocenters. The van der Waals surface area contributed by atoms with Crippen LogP contribution in [0.15, 0.2) is 47.4 Å². The summed E-state index contributed by atoms with van der Waals surface area (Å²) in [6.07, 6.45) is -0.692. The zero-order chi connectivity index (χ0) is 21.0. The van der Waals surface area contributed by atoms with E-state index < -0.39 is 16.1 Å². The second kappa shape index (κ2) is 9.21. The number of halogens is 2. The lowest BCUT2D eigenvalue weighted by Gasteiger charge is -2.29. The van der Waals surface area contributed by atoms with Crippen LogP contribution in [0.2, 0.25) is 10.0 Å². The minimum absolute atomic E-state index is 0.0353. The number of nitrogens with one attached hydrogen (secondary N) is 1. The summed E-state index contributed by atoms with van der Waals surface area (Å²) in [6.45, 7) is 3.74. The molecule has 0 aliphatic carbocycles. The molecule has 1 fully saturated rings. The van der Waals surface area contributed by atoms with Gasteiger partial charge in [-0.05, 0) is 49.4 Å². The normalized spacial score (nSPS) is 15.6. The van der Waals surface area contributed by atoms with Gasteiger partial charge in [0.15, 0.2) is 6.10 Å². The number of carbonyl (C=O) groups excluding carboxylic acids is 1. The van der Waals surface area contributed by atoms with Crippen LogP contribution in [0.25, 0.3) is 0 Å². The highest BCUT2D eigenvalue weighted by Crippen LogP contribution is 2.25. The first-order valence-corrected chi connectivity index (χ1v) is 11.1. The van der Waals surface area contributed by atoms with E-state index in [2.05, 4.69) is 4.72 Å². The highest BCUT2D eigenvalue weighted by molar-refractivity contribution is 7.92. The topological polar surface area (TPSA) is 84.9 Å². The molecule has 0 radical (unpaired) electrons. The average molecular weight is 459 g/mol. The van der Waals surface area contributed by atoms with Gasteiger partial charge in [0.25, 0.3) is 15.9 Å². The van der Waals surface area contributed by atoms with E-state index in [0.717, 1.165) is 0 Å². The van der Waals surface area contributed by atoms with Crippen molar-refractivity contribution in [2.24, 2.45) is 0 Å². The van der Waals surface area contributed by atoms with E-state index in [1.54, 1.807) is 11.8 Å². The van der Waals surface area contributed by atoms with Crippen LogP contribution in [-0.4, -0.2) is 51.6 Å². The number of nitrogens with zero attached hydrogens (tertiary/aromatic N) is 1. The number of anilines is 1. The maximum atomic E-state index is 12.6. The number of morpholine rings is 1. The fraction of sp³-hybridized carbons (Fsp3) is 0.316. The molecule has 0 spiro atoms. The van der Waals surface area contributed by atoms with Crippen molar-refractivity contribution in [1.82, 2.24) is 4.90 Å². The third kappa shape index (κ3) is 5.76. The molecule has 1 saturated heterocycles. The van der Waals surface area contributed by atoms with Gasteiger partial charge < -0.3 is 14.4 Å². The second-order valence-corrected chi connectivity index (χ2v) is 8.99. The van der Waals surface area contributed by atoms with Gasteiger partial charge in [0.05, 0.1) is 23.8 Å². The Morgan fingerprint density at radius 2 is 1.69 bits per heavy atom. The van der Waals surface area contributed by atoms with E-state index in [1.165, 1.54) is 42.5 Å². The summed E-state index contributed by atoms with van der Waals surface area (Å²) in [5, 5.41) is 0.635. The van der Waals surface area contributed by atoms with Crippen LogP contribution in [0, 0.1) is 0 Å². The molecule has 10 heteroatoms. The third-order valence-electron chi connectivity index (χ3n) is 4.23. The molecule has 0 saturated carbocycles. The predicted octanol–water partition coefficient (Wildman–Crippen LogP) is 3.42. The highest BCUT2D eigenvalue weighted by atomic mass is 35.5. The molecule has 1 aliphatic heterocycles. The van der Waals surface area contributed by atoms with Crippen LogP contribution < -0.4 is 9.46 Å². The Hall–Kier alpha value is -2.00. The van der Waals surface area contributed by atoms with Crippen LogP contribution in [0.4, 0.5) is 5.69 Å². The van der Waals surface area contributed by atoms with Gasteiger partial charge in [-0.2, -0.15) is 0 Å². The standard InChI is InChI=1S/C19H20Cl2N2O5S/c1-13(19(24)23-6-8-27-9-7-23)28-17-2-4-18(5-3-17)29(25,26)22-16-11-14(20)10-15(21)12-16/h2-5,10-13,22H,6-9H2,1H3/t13-/m1/s1. The van der Waals surface area contributed by atoms with Crippen molar-refractivity contribution < 1.29 is 22.7 Å². The molecule has 2 aromatic carbocycles. The number of benzene rings is 2. The summed E-state index contributed by atoms with van der Waals surface area (Å²) in [7, 11) is -3.84. The van der Waals surface area contributed by atoms with Gasteiger partial charge in [0.2, 0.25) is 0 Å². The van der Waals surface area contributed by atoms with E-state index in [-0.39, 0.29) is 16.5 Å². The molecule has 29 heavy (non-hydrogen) atoms. The lowest BCUT2D eigenvalue weighted by molar-refractivity contribution is -0.142. The first-order valence-electron chi connectivity index (χ1n) is 8.87. The average Bonchev–Trinajstić information content (AvgIpc) is 2.67. The maximum absolute atomic E-state index is 12.6. The van der Waals surface area contributed by atoms with Crippen molar-refractivity contribution in [2.75, 3.05) is 31.0 Å². The molecule has 1 heterocycles. The minimum Gasteiger partial charge on any atom is -0.481 e. The van der Waals surface area contributed by atoms with Crippen LogP contribution in [0.5, 0.6) is 5.75 Å². The Morgan fingerprint density at radius 3 is 2.28 bits per heavy atom. The van der Waals surface area contributed by atoms with Crippen LogP contribution in [0.1, 0.15) is 6.92 Å². The van der Waals surface area contributed by atoms with Gasteiger partial charge in [-0.1, -0.05) is 23.2 Å². The summed E-state index contributed by atoms with van der Waals surface area (Å²) in [5.74, 6) is 0.258. The summed E-state index contributed by atoms with van der Waals surface area (Å²) >= 11 is 11.8. The monoisotopic (exact) mass is 458 g/mol. The summed E-state index contributed by atoms with van der Waals surface area (Å²) < 4.78 is 38.5. The number of sulfonamides is 1. The second-order valence-electron chi connectivity index (χ2n) is 6.43. The fourth-order valence-corrected chi connectivity index (χ4v) is 4.39. The first-order chi connectivity index (χ1) is 13.7. The van der Waals surface area contributed by atoms with Crippen LogP contribution in [0.3, 0.4) is 0 Å². The van der Waals surface area contributed by atoms with E-state index in [4.69, 9.17) is 32.7 Å². The molecule has 3 rings (SSSR count). The summed E-state index contributed by atoms with van der Waals surface area (Å²) in [4.78, 5) is 14.1. The lowest BCUT2D eigenvalue weighted by Crippen LogP contribution is -2.46. The molecule has 1 aliphatic rings. The van der Waals surface area contributed by atoms with Gasteiger partial charge in [-0.25, -0.2) is 8.42 Å². The highest BCUT2D eigenvalue weighted by Gasteiger charge is 2.24. The Morgan fingerprint density at radius 1 is 1.10 bits per heavy atom. The van der Waals surface area contributed by atoms with E-state index in [0.29, 0.717) is 42.1 Å². The van der Waals surface area contributed by atoms with Gasteiger partial charge in [0.1, 0.15) is 5.75 Å². The fourth-order valence-electron chi connectivity index (χ4n) is 2.82. The molecular formula is C19H20Cl2N2O5S. The number of carbonyl (C=O) groups is 1. The van der Waals surface area contributed by atoms with Gasteiger partial charge in [-0.3, -0.25) is 9.52 Å². The van der Waals surface area contributed by atoms with E-state index in [9.17, 15) is 13.2 Å². The Balaban J connectivity index is 1.66. The molecule has 0 aromatic heterocycles. The predicted molar refractivity (Wildman–Crippen MR) is 111 cm³/mol. The summed E-state index contributed by atoms with van der Waals surface area (Å²) in [5.41, 5.74) is 0.257. The van der Waals surface area contributed by atoms with Crippen molar-refractivity contribution in [1.29, 1.82) is 0 Å². The lowest BCUT2D eigenvalue weighted by atomic mass is 10.3. The smallest absolute Gasteiger partial charge is 0.263 e. The maximum Gasteiger partial charge on any atom is 0.263 e. The number of hydrogen-bond acceptors (Lipinski definition) is 5. The number of amides is 1. The largest absolute Gasteiger partial charge is 0.481 e. The SMILES string of the molecule is C[C@@H](Oc1ccc(S(=O)(=O)Nc2cc(Cl)cc(Cl)c2)cc1)C(=O)N1CCOCC1. The molecule has 156 valence electrons. The Bertz CT molecular complexity index is 956. The van der Waals surface area contributed by atoms with Crippen molar-refractivity contribution >= 4 is 44.8 Å². The van der Waals surface area contributed by atoms with Gasteiger partial charge in [-0.15, -0.1) is 0 Å². The third-order valence-corrected chi connectivity index (χ3v) is 6.07. The van der Waals surface area contributed by atoms with Gasteiger partial charge in [0, 0.05) is 23.1 Å². The zero-order valence-corrected chi connectivity index (χ0v) is 17.9. The number of ether oxygens (including phenoxy) is 2. The van der Waals surface area contributed by atoms with Gasteiger partial charge >= 0.3 is 0 Å². The number of rotatable bonds is 6. The number of hydrogen-bond donors (Lipinski definition) is 1. The molecular weight excluding hydrogens is 439 g/mol. The molecule has 1 amide bonds. The summed E-state index contributed by atoms with van der Waals surface area (Å²) in [6, 6.07) is 10.2. The molecule has 0 bridgehead atoms.